The van der Waals surface area contributed by atoms with E-state index >= 15 is 0 Å². The van der Waals surface area contributed by atoms with Crippen LogP contribution < -0.4 is 5.32 Å². The van der Waals surface area contributed by atoms with Crippen LogP contribution in [0.2, 0.25) is 0 Å². The Balaban J connectivity index is 1.89. The second-order valence-corrected chi connectivity index (χ2v) is 7.98. The number of hydrogen-bond acceptors (Lipinski definition) is 3. The molecule has 164 valence electrons. The minimum absolute atomic E-state index is 0.124. The fourth-order valence-electron chi connectivity index (χ4n) is 3.35. The molecule has 0 bridgehead atoms. The second-order valence-electron chi connectivity index (χ2n) is 6.95. The highest BCUT2D eigenvalue weighted by atomic mass is 32.1. The monoisotopic (exact) mass is 459 g/mol. The molecule has 1 amide bonds. The van der Waals surface area contributed by atoms with E-state index in [1.54, 1.807) is 13.0 Å². The molecule has 0 aliphatic carbocycles. The number of halogens is 4. The van der Waals surface area contributed by atoms with Crippen molar-refractivity contribution in [2.75, 3.05) is 0 Å². The van der Waals surface area contributed by atoms with Gasteiger partial charge in [-0.2, -0.15) is 13.2 Å². The minimum Gasteiger partial charge on any atom is -0.346 e. The van der Waals surface area contributed by atoms with Gasteiger partial charge in [0.2, 0.25) is 0 Å². The zero-order chi connectivity index (χ0) is 22.9. The van der Waals surface area contributed by atoms with Crippen molar-refractivity contribution in [3.8, 4) is 11.1 Å². The number of carbonyl (C=O) groups is 1. The van der Waals surface area contributed by atoms with Gasteiger partial charge in [-0.3, -0.25) is 9.20 Å². The predicted octanol–water partition coefficient (Wildman–Crippen LogP) is 6.18. The van der Waals surface area contributed by atoms with Crippen molar-refractivity contribution < 1.29 is 22.4 Å². The first kappa shape index (κ1) is 21.8. The molecular weight excluding hydrogens is 442 g/mol. The van der Waals surface area contributed by atoms with Gasteiger partial charge >= 0.3 is 6.18 Å². The number of allylic oxidation sites excluding steroid dienone is 1. The van der Waals surface area contributed by atoms with E-state index in [9.17, 15) is 22.4 Å². The van der Waals surface area contributed by atoms with Gasteiger partial charge in [0.25, 0.3) is 5.91 Å². The Morgan fingerprint density at radius 3 is 2.66 bits per heavy atom. The first-order valence-corrected chi connectivity index (χ1v) is 10.5. The minimum atomic E-state index is -4.73. The van der Waals surface area contributed by atoms with Gasteiger partial charge in [0, 0.05) is 11.1 Å². The number of fused-ring (bicyclic) bond motifs is 1. The molecule has 0 fully saturated rings. The molecule has 4 nitrogen and oxygen atoms in total. The Labute approximate surface area is 184 Å². The number of amides is 1. The molecule has 1 aromatic carbocycles. The lowest BCUT2D eigenvalue weighted by Crippen LogP contribution is -2.23. The molecule has 0 radical (unpaired) electrons. The van der Waals surface area contributed by atoms with E-state index in [0.717, 1.165) is 17.0 Å². The van der Waals surface area contributed by atoms with Crippen LogP contribution >= 0.6 is 11.3 Å². The topological polar surface area (TPSA) is 46.4 Å². The standard InChI is InChI=1S/C23H17F4N3OS/c1-2-5-19-20(22(31)28-12-17-8-4-9-32-17)29-21-18(23(25,26)27)11-15(13-30(19)21)14-6-3-7-16(24)10-14/h2-11,13H,12H2,1H3,(H,28,31). The quantitative estimate of drug-likeness (QED) is 0.362. The van der Waals surface area contributed by atoms with Crippen molar-refractivity contribution in [2.45, 2.75) is 19.6 Å². The molecule has 4 aromatic rings. The Morgan fingerprint density at radius 1 is 1.19 bits per heavy atom. The van der Waals surface area contributed by atoms with E-state index in [2.05, 4.69) is 10.3 Å². The van der Waals surface area contributed by atoms with E-state index in [0.29, 0.717) is 0 Å². The molecule has 3 aromatic heterocycles. The largest absolute Gasteiger partial charge is 0.420 e. The molecule has 0 aliphatic rings. The molecule has 32 heavy (non-hydrogen) atoms. The molecule has 9 heteroatoms. The van der Waals surface area contributed by atoms with E-state index < -0.39 is 29.1 Å². The van der Waals surface area contributed by atoms with Gasteiger partial charge in [0.05, 0.1) is 17.8 Å². The number of nitrogens with zero attached hydrogens (tertiary/aromatic N) is 2. The van der Waals surface area contributed by atoms with E-state index in [4.69, 9.17) is 0 Å². The number of alkyl halides is 3. The summed E-state index contributed by atoms with van der Waals surface area (Å²) < 4.78 is 56.7. The maximum Gasteiger partial charge on any atom is 0.420 e. The summed E-state index contributed by atoms with van der Waals surface area (Å²) in [5.74, 6) is -1.15. The highest BCUT2D eigenvalue weighted by Crippen LogP contribution is 2.36. The Hall–Kier alpha value is -3.46. The van der Waals surface area contributed by atoms with Crippen molar-refractivity contribution in [1.82, 2.24) is 14.7 Å². The summed E-state index contributed by atoms with van der Waals surface area (Å²) in [5.41, 5.74) is -0.898. The van der Waals surface area contributed by atoms with Crippen molar-refractivity contribution in [3.05, 3.63) is 87.8 Å². The molecule has 0 atom stereocenters. The van der Waals surface area contributed by atoms with Gasteiger partial charge in [-0.15, -0.1) is 11.3 Å². The normalized spacial score (nSPS) is 12.0. The Bertz CT molecular complexity index is 1310. The predicted molar refractivity (Wildman–Crippen MR) is 116 cm³/mol. The van der Waals surface area contributed by atoms with Gasteiger partial charge in [-0.05, 0) is 53.8 Å². The van der Waals surface area contributed by atoms with Crippen LogP contribution in [0, 0.1) is 5.82 Å². The summed E-state index contributed by atoms with van der Waals surface area (Å²) in [5, 5.41) is 4.57. The van der Waals surface area contributed by atoms with Gasteiger partial charge < -0.3 is 5.32 Å². The third-order valence-corrected chi connectivity index (χ3v) is 5.64. The maximum absolute atomic E-state index is 13.9. The molecule has 0 unspecified atom stereocenters. The van der Waals surface area contributed by atoms with E-state index in [1.165, 1.54) is 46.2 Å². The van der Waals surface area contributed by atoms with Crippen LogP contribution in [-0.4, -0.2) is 15.3 Å². The number of thiophene rings is 1. The Kier molecular flexibility index (Phi) is 5.84. The summed E-state index contributed by atoms with van der Waals surface area (Å²) in [4.78, 5) is 17.8. The summed E-state index contributed by atoms with van der Waals surface area (Å²) >= 11 is 1.45. The lowest BCUT2D eigenvalue weighted by Gasteiger charge is -2.12. The molecule has 3 heterocycles. The highest BCUT2D eigenvalue weighted by Gasteiger charge is 2.36. The number of rotatable bonds is 5. The summed E-state index contributed by atoms with van der Waals surface area (Å²) in [6.07, 6.45) is -0.164. The van der Waals surface area contributed by atoms with Crippen LogP contribution in [0.4, 0.5) is 17.6 Å². The van der Waals surface area contributed by atoms with Gasteiger partial charge in [-0.25, -0.2) is 9.37 Å². The summed E-state index contributed by atoms with van der Waals surface area (Å²) in [6.45, 7) is 1.92. The third kappa shape index (κ3) is 4.29. The maximum atomic E-state index is 13.9. The number of benzene rings is 1. The number of nitrogens with one attached hydrogen (secondary N) is 1. The number of hydrogen-bond donors (Lipinski definition) is 1. The molecular formula is C23H17F4N3OS. The van der Waals surface area contributed by atoms with E-state index in [-0.39, 0.29) is 29.1 Å². The lowest BCUT2D eigenvalue weighted by molar-refractivity contribution is -0.136. The second kappa shape index (κ2) is 8.58. The van der Waals surface area contributed by atoms with Crippen molar-refractivity contribution in [3.63, 3.8) is 0 Å². The molecule has 0 spiro atoms. The summed E-state index contributed by atoms with van der Waals surface area (Å²) in [6, 6.07) is 9.91. The van der Waals surface area contributed by atoms with E-state index in [1.807, 2.05) is 17.5 Å². The third-order valence-electron chi connectivity index (χ3n) is 4.76. The van der Waals surface area contributed by atoms with Crippen molar-refractivity contribution in [2.24, 2.45) is 0 Å². The van der Waals surface area contributed by atoms with Crippen LogP contribution in [-0.2, 0) is 12.7 Å². The zero-order valence-electron chi connectivity index (χ0n) is 16.8. The van der Waals surface area contributed by atoms with Gasteiger partial charge in [0.15, 0.2) is 11.3 Å². The number of aromatic nitrogens is 2. The van der Waals surface area contributed by atoms with Crippen molar-refractivity contribution in [1.29, 1.82) is 0 Å². The number of carbonyl (C=O) groups excluding carboxylic acids is 1. The molecule has 4 rings (SSSR count). The zero-order valence-corrected chi connectivity index (χ0v) is 17.6. The molecule has 0 saturated carbocycles. The SMILES string of the molecule is CC=Cc1c(C(=O)NCc2cccs2)nc2c(C(F)(F)F)cc(-c3cccc(F)c3)cn12. The van der Waals surface area contributed by atoms with Gasteiger partial charge in [0.1, 0.15) is 5.82 Å². The van der Waals surface area contributed by atoms with Gasteiger partial charge in [-0.1, -0.05) is 24.3 Å². The average molecular weight is 459 g/mol. The fraction of sp³-hybridized carbons (Fsp3) is 0.130. The van der Waals surface area contributed by atoms with Crippen LogP contribution in [0.5, 0.6) is 0 Å². The number of pyridine rings is 1. The first-order valence-electron chi connectivity index (χ1n) is 9.60. The molecule has 0 saturated heterocycles. The van der Waals surface area contributed by atoms with Crippen molar-refractivity contribution >= 4 is 29.0 Å². The first-order chi connectivity index (χ1) is 15.3. The van der Waals surface area contributed by atoms with Crippen LogP contribution in [0.1, 0.15) is 33.5 Å². The fourth-order valence-corrected chi connectivity index (χ4v) is 3.99. The Morgan fingerprint density at radius 2 is 2.00 bits per heavy atom. The molecule has 0 aliphatic heterocycles. The van der Waals surface area contributed by atoms with Crippen LogP contribution in [0.3, 0.4) is 0 Å². The smallest absolute Gasteiger partial charge is 0.346 e. The highest BCUT2D eigenvalue weighted by molar-refractivity contribution is 7.09. The van der Waals surface area contributed by atoms with Crippen LogP contribution in [0.15, 0.2) is 60.1 Å². The summed E-state index contributed by atoms with van der Waals surface area (Å²) in [7, 11) is 0. The lowest BCUT2D eigenvalue weighted by atomic mass is 10.1. The van der Waals surface area contributed by atoms with Crippen LogP contribution in [0.25, 0.3) is 22.9 Å². The number of imidazole rings is 1. The average Bonchev–Trinajstić information content (AvgIpc) is 3.39. The molecule has 1 N–H and O–H groups in total.